The normalized spacial score (nSPS) is 13.5. The molecule has 0 fully saturated rings. The molecule has 1 heterocycles. The average Bonchev–Trinajstić information content (AvgIpc) is 2.99. The lowest BCUT2D eigenvalue weighted by molar-refractivity contribution is -0.125. The fourth-order valence-electron chi connectivity index (χ4n) is 3.93. The third kappa shape index (κ3) is 2.44. The summed E-state index contributed by atoms with van der Waals surface area (Å²) in [5.74, 6) is 0.00612. The van der Waals surface area contributed by atoms with Crippen molar-refractivity contribution in [1.82, 2.24) is 10.3 Å². The predicted molar refractivity (Wildman–Crippen MR) is 104 cm³/mol. The van der Waals surface area contributed by atoms with Crippen LogP contribution >= 0.6 is 0 Å². The van der Waals surface area contributed by atoms with Crippen molar-refractivity contribution in [2.24, 2.45) is 0 Å². The van der Waals surface area contributed by atoms with E-state index in [0.717, 1.165) is 27.8 Å². The van der Waals surface area contributed by atoms with Crippen LogP contribution in [-0.2, 0) is 16.8 Å². The Morgan fingerprint density at radius 2 is 1.54 bits per heavy atom. The standard InChI is InChI=1S/C23H20N2O/c1-2-13-23(22(26)25-16-17-11-14-24-15-12-17)20-9-5-3-7-18(20)19-8-4-6-10-21(19)23/h2-12,14-15H,1,13,16H2,(H,25,26). The lowest BCUT2D eigenvalue weighted by atomic mass is 9.74. The van der Waals surface area contributed by atoms with E-state index in [0.29, 0.717) is 13.0 Å². The smallest absolute Gasteiger partial charge is 0.235 e. The first kappa shape index (κ1) is 16.3. The Morgan fingerprint density at radius 3 is 2.12 bits per heavy atom. The number of carbonyl (C=O) groups is 1. The fraction of sp³-hybridized carbons (Fsp3) is 0.130. The van der Waals surface area contributed by atoms with Crippen LogP contribution in [0.4, 0.5) is 0 Å². The van der Waals surface area contributed by atoms with Crippen molar-refractivity contribution in [3.63, 3.8) is 0 Å². The Balaban J connectivity index is 1.79. The van der Waals surface area contributed by atoms with Gasteiger partial charge < -0.3 is 5.32 Å². The van der Waals surface area contributed by atoms with Crippen molar-refractivity contribution in [3.8, 4) is 11.1 Å². The number of hydrogen-bond acceptors (Lipinski definition) is 2. The van der Waals surface area contributed by atoms with Crippen molar-refractivity contribution in [1.29, 1.82) is 0 Å². The third-order valence-electron chi connectivity index (χ3n) is 5.10. The number of amides is 1. The van der Waals surface area contributed by atoms with Crippen molar-refractivity contribution >= 4 is 5.91 Å². The summed E-state index contributed by atoms with van der Waals surface area (Å²) in [7, 11) is 0. The molecule has 128 valence electrons. The summed E-state index contributed by atoms with van der Waals surface area (Å²) < 4.78 is 0. The van der Waals surface area contributed by atoms with Crippen LogP contribution in [0.3, 0.4) is 0 Å². The zero-order valence-corrected chi connectivity index (χ0v) is 14.5. The van der Waals surface area contributed by atoms with Gasteiger partial charge in [0, 0.05) is 18.9 Å². The molecule has 1 N–H and O–H groups in total. The predicted octanol–water partition coefficient (Wildman–Crippen LogP) is 4.24. The maximum absolute atomic E-state index is 13.5. The van der Waals surface area contributed by atoms with Crippen molar-refractivity contribution in [2.75, 3.05) is 0 Å². The van der Waals surface area contributed by atoms with E-state index in [1.165, 1.54) is 0 Å². The molecule has 1 aromatic heterocycles. The number of allylic oxidation sites excluding steroid dienone is 1. The molecule has 0 spiro atoms. The average molecular weight is 340 g/mol. The van der Waals surface area contributed by atoms with Gasteiger partial charge in [-0.1, -0.05) is 54.6 Å². The van der Waals surface area contributed by atoms with Gasteiger partial charge in [0.1, 0.15) is 5.41 Å². The molecule has 3 heteroatoms. The van der Waals surface area contributed by atoms with E-state index < -0.39 is 5.41 Å². The van der Waals surface area contributed by atoms with E-state index in [1.807, 2.05) is 42.5 Å². The number of carbonyl (C=O) groups excluding carboxylic acids is 1. The molecule has 0 aliphatic heterocycles. The Hall–Kier alpha value is -3.20. The van der Waals surface area contributed by atoms with Crippen molar-refractivity contribution < 1.29 is 4.79 Å². The van der Waals surface area contributed by atoms with Gasteiger partial charge in [-0.25, -0.2) is 0 Å². The molecule has 0 saturated heterocycles. The van der Waals surface area contributed by atoms with E-state index in [4.69, 9.17) is 0 Å². The fourth-order valence-corrected chi connectivity index (χ4v) is 3.93. The van der Waals surface area contributed by atoms with Gasteiger partial charge in [-0.2, -0.15) is 0 Å². The highest BCUT2D eigenvalue weighted by molar-refractivity contribution is 6.00. The van der Waals surface area contributed by atoms with Crippen LogP contribution in [0, 0.1) is 0 Å². The maximum Gasteiger partial charge on any atom is 0.235 e. The summed E-state index contributed by atoms with van der Waals surface area (Å²) in [5.41, 5.74) is 4.65. The van der Waals surface area contributed by atoms with E-state index in [1.54, 1.807) is 12.4 Å². The van der Waals surface area contributed by atoms with E-state index >= 15 is 0 Å². The van der Waals surface area contributed by atoms with Gasteiger partial charge in [0.05, 0.1) is 0 Å². The molecule has 0 bridgehead atoms. The Labute approximate surface area is 153 Å². The maximum atomic E-state index is 13.5. The molecule has 0 atom stereocenters. The first-order valence-electron chi connectivity index (χ1n) is 8.75. The van der Waals surface area contributed by atoms with Crippen molar-refractivity contribution in [3.05, 3.63) is 102 Å². The monoisotopic (exact) mass is 340 g/mol. The van der Waals surface area contributed by atoms with Gasteiger partial charge in [0.25, 0.3) is 0 Å². The molecule has 0 radical (unpaired) electrons. The first-order chi connectivity index (χ1) is 12.8. The van der Waals surface area contributed by atoms with Crippen molar-refractivity contribution in [2.45, 2.75) is 18.4 Å². The summed E-state index contributed by atoms with van der Waals surface area (Å²) in [5, 5.41) is 3.13. The first-order valence-corrected chi connectivity index (χ1v) is 8.75. The summed E-state index contributed by atoms with van der Waals surface area (Å²) in [6, 6.07) is 20.2. The van der Waals surface area contributed by atoms with Gasteiger partial charge in [0.15, 0.2) is 0 Å². The molecule has 26 heavy (non-hydrogen) atoms. The Bertz CT molecular complexity index is 917. The third-order valence-corrected chi connectivity index (χ3v) is 5.10. The van der Waals surface area contributed by atoms with Gasteiger partial charge in [-0.05, 0) is 46.4 Å². The number of nitrogens with one attached hydrogen (secondary N) is 1. The van der Waals surface area contributed by atoms with Crippen LogP contribution in [0.2, 0.25) is 0 Å². The number of rotatable bonds is 5. The quantitative estimate of drug-likeness (QED) is 0.706. The molecule has 4 rings (SSSR count). The number of fused-ring (bicyclic) bond motifs is 3. The van der Waals surface area contributed by atoms with Crippen LogP contribution < -0.4 is 5.32 Å². The molecule has 1 aliphatic rings. The highest BCUT2D eigenvalue weighted by Crippen LogP contribution is 2.51. The van der Waals surface area contributed by atoms with Gasteiger partial charge >= 0.3 is 0 Å². The number of nitrogens with zero attached hydrogens (tertiary/aromatic N) is 1. The van der Waals surface area contributed by atoms with Crippen LogP contribution in [-0.4, -0.2) is 10.9 Å². The topological polar surface area (TPSA) is 42.0 Å². The molecular weight excluding hydrogens is 320 g/mol. The molecule has 0 saturated carbocycles. The zero-order chi connectivity index (χ0) is 18.0. The minimum Gasteiger partial charge on any atom is -0.351 e. The van der Waals surface area contributed by atoms with Gasteiger partial charge in [-0.3, -0.25) is 9.78 Å². The van der Waals surface area contributed by atoms with E-state index in [-0.39, 0.29) is 5.91 Å². The molecule has 2 aromatic carbocycles. The number of aromatic nitrogens is 1. The molecule has 3 nitrogen and oxygen atoms in total. The second-order valence-electron chi connectivity index (χ2n) is 6.53. The number of hydrogen-bond donors (Lipinski definition) is 1. The summed E-state index contributed by atoms with van der Waals surface area (Å²) in [4.78, 5) is 17.5. The van der Waals surface area contributed by atoms with Crippen LogP contribution in [0.5, 0.6) is 0 Å². The Kier molecular flexibility index (Phi) is 4.13. The molecular formula is C23H20N2O. The molecule has 3 aromatic rings. The summed E-state index contributed by atoms with van der Waals surface area (Å²) in [6.45, 7) is 4.40. The van der Waals surface area contributed by atoms with E-state index in [2.05, 4.69) is 41.1 Å². The minimum absolute atomic E-state index is 0.00612. The minimum atomic E-state index is -0.734. The van der Waals surface area contributed by atoms with Crippen LogP contribution in [0.15, 0.2) is 85.7 Å². The zero-order valence-electron chi connectivity index (χ0n) is 14.5. The van der Waals surface area contributed by atoms with Gasteiger partial charge in [-0.15, -0.1) is 6.58 Å². The molecule has 1 amide bonds. The Morgan fingerprint density at radius 1 is 0.962 bits per heavy atom. The second kappa shape index (κ2) is 6.60. The summed E-state index contributed by atoms with van der Waals surface area (Å²) >= 11 is 0. The van der Waals surface area contributed by atoms with Crippen LogP contribution in [0.25, 0.3) is 11.1 Å². The second-order valence-corrected chi connectivity index (χ2v) is 6.53. The highest BCUT2D eigenvalue weighted by atomic mass is 16.2. The van der Waals surface area contributed by atoms with E-state index in [9.17, 15) is 4.79 Å². The lowest BCUT2D eigenvalue weighted by Gasteiger charge is -2.29. The highest BCUT2D eigenvalue weighted by Gasteiger charge is 2.47. The number of pyridine rings is 1. The molecule has 1 aliphatic carbocycles. The SMILES string of the molecule is C=CCC1(C(=O)NCc2ccncc2)c2ccccc2-c2ccccc21. The van der Waals surface area contributed by atoms with Gasteiger partial charge in [0.2, 0.25) is 5.91 Å². The largest absolute Gasteiger partial charge is 0.351 e. The summed E-state index contributed by atoms with van der Waals surface area (Å²) in [6.07, 6.45) is 5.87. The molecule has 0 unspecified atom stereocenters. The van der Waals surface area contributed by atoms with Crippen LogP contribution in [0.1, 0.15) is 23.1 Å². The number of benzene rings is 2. The lowest BCUT2D eigenvalue weighted by Crippen LogP contribution is -2.43.